The van der Waals surface area contributed by atoms with Crippen molar-refractivity contribution in [1.82, 2.24) is 15.0 Å². The Labute approximate surface area is 265 Å². The van der Waals surface area contributed by atoms with Gasteiger partial charge in [-0.1, -0.05) is 121 Å². The lowest BCUT2D eigenvalue weighted by atomic mass is 9.82. The van der Waals surface area contributed by atoms with Gasteiger partial charge in [-0.2, -0.15) is 0 Å². The average Bonchev–Trinajstić information content (AvgIpc) is 3.49. The molecule has 6 aromatic carbocycles. The summed E-state index contributed by atoms with van der Waals surface area (Å²) in [5, 5.41) is 6.15. The van der Waals surface area contributed by atoms with E-state index in [-0.39, 0.29) is 5.92 Å². The maximum Gasteiger partial charge on any atom is 0.163 e. The summed E-state index contributed by atoms with van der Waals surface area (Å²) >= 11 is 1.86. The molecule has 1 atom stereocenters. The van der Waals surface area contributed by atoms with Crippen molar-refractivity contribution in [3.63, 3.8) is 0 Å². The van der Waals surface area contributed by atoms with Gasteiger partial charge in [0.05, 0.1) is 5.92 Å². The highest BCUT2D eigenvalue weighted by molar-refractivity contribution is 7.20. The summed E-state index contributed by atoms with van der Waals surface area (Å²) in [7, 11) is 0. The Morgan fingerprint density at radius 1 is 0.511 bits per heavy atom. The first-order valence-electron chi connectivity index (χ1n) is 15.3. The van der Waals surface area contributed by atoms with Crippen LogP contribution in [0.15, 0.2) is 140 Å². The molecule has 45 heavy (non-hydrogen) atoms. The average molecular weight is 594 g/mol. The highest BCUT2D eigenvalue weighted by atomic mass is 32.1. The van der Waals surface area contributed by atoms with Gasteiger partial charge in [-0.15, -0.1) is 11.3 Å². The number of hydrogen-bond acceptors (Lipinski definition) is 4. The molecule has 1 unspecified atom stereocenters. The largest absolute Gasteiger partial charge is 0.212 e. The van der Waals surface area contributed by atoms with Gasteiger partial charge in [0.15, 0.2) is 11.6 Å². The summed E-state index contributed by atoms with van der Waals surface area (Å²) in [5.41, 5.74) is 5.84. The van der Waals surface area contributed by atoms with Crippen LogP contribution < -0.4 is 0 Å². The van der Waals surface area contributed by atoms with Gasteiger partial charge in [-0.3, -0.25) is 0 Å². The van der Waals surface area contributed by atoms with E-state index in [1.807, 2.05) is 29.5 Å². The molecule has 0 amide bonds. The van der Waals surface area contributed by atoms with Gasteiger partial charge >= 0.3 is 0 Å². The van der Waals surface area contributed by atoms with E-state index in [2.05, 4.69) is 127 Å². The molecule has 0 fully saturated rings. The third kappa shape index (κ3) is 4.62. The second kappa shape index (κ2) is 10.6. The first-order chi connectivity index (χ1) is 22.3. The Balaban J connectivity index is 1.26. The summed E-state index contributed by atoms with van der Waals surface area (Å²) in [5.74, 6) is 2.19. The lowest BCUT2D eigenvalue weighted by Crippen LogP contribution is -2.13. The van der Waals surface area contributed by atoms with Crippen molar-refractivity contribution in [1.29, 1.82) is 0 Å². The van der Waals surface area contributed by atoms with Crippen LogP contribution in [-0.4, -0.2) is 15.0 Å². The van der Waals surface area contributed by atoms with Crippen molar-refractivity contribution in [3.8, 4) is 22.8 Å². The fraction of sp³-hybridized carbons (Fsp3) is 0.0488. The minimum atomic E-state index is -0.0210. The molecular weight excluding hydrogens is 567 g/mol. The van der Waals surface area contributed by atoms with E-state index < -0.39 is 0 Å². The van der Waals surface area contributed by atoms with Crippen LogP contribution in [0.3, 0.4) is 0 Å². The Morgan fingerprint density at radius 2 is 1.11 bits per heavy atom. The number of allylic oxidation sites excluding steroid dienone is 1. The number of nitrogens with zero attached hydrogens (tertiary/aromatic N) is 3. The number of hydrogen-bond donors (Lipinski definition) is 0. The maximum absolute atomic E-state index is 5.28. The van der Waals surface area contributed by atoms with Crippen molar-refractivity contribution < 1.29 is 0 Å². The highest BCUT2D eigenvalue weighted by Crippen LogP contribution is 2.48. The fourth-order valence-electron chi connectivity index (χ4n) is 6.62. The van der Waals surface area contributed by atoms with E-state index in [0.717, 1.165) is 23.4 Å². The van der Waals surface area contributed by atoms with E-state index in [4.69, 9.17) is 15.0 Å². The van der Waals surface area contributed by atoms with E-state index in [1.165, 1.54) is 53.2 Å². The number of benzene rings is 6. The Bertz CT molecular complexity index is 2420. The normalized spacial score (nSPS) is 14.5. The predicted octanol–water partition coefficient (Wildman–Crippen LogP) is 10.8. The molecule has 3 nitrogen and oxygen atoms in total. The lowest BCUT2D eigenvalue weighted by molar-refractivity contribution is 0.757. The molecule has 0 saturated heterocycles. The second-order valence-electron chi connectivity index (χ2n) is 11.6. The molecule has 0 spiro atoms. The molecular formula is C41H27N3S. The molecule has 212 valence electrons. The third-order valence-corrected chi connectivity index (χ3v) is 10.00. The molecule has 0 radical (unpaired) electrons. The van der Waals surface area contributed by atoms with Crippen LogP contribution in [0.4, 0.5) is 0 Å². The van der Waals surface area contributed by atoms with Gasteiger partial charge in [-0.05, 0) is 74.3 Å². The third-order valence-electron chi connectivity index (χ3n) is 8.86. The van der Waals surface area contributed by atoms with Gasteiger partial charge in [0.1, 0.15) is 5.82 Å². The smallest absolute Gasteiger partial charge is 0.163 e. The van der Waals surface area contributed by atoms with Crippen LogP contribution in [-0.2, 0) is 0 Å². The Hall–Kier alpha value is -5.45. The molecule has 8 aromatic rings. The number of aromatic nitrogens is 3. The standard InChI is InChI=1S/C41H27N3S/c1-2-12-28(13-3-1)39-42-40(32-21-19-27-11-5-7-15-30(27)23-32)44-41(43-39)35-24-33(31-20-18-26-10-4-6-14-29(26)22-31)25-37-38(35)34-16-8-9-17-36(34)45-37/h1-23,25,35H,24H2. The first kappa shape index (κ1) is 26.0. The summed E-state index contributed by atoms with van der Waals surface area (Å²) in [6, 6.07) is 49.3. The quantitative estimate of drug-likeness (QED) is 0.204. The molecule has 2 heterocycles. The molecule has 9 rings (SSSR count). The van der Waals surface area contributed by atoms with Crippen LogP contribution in [0.2, 0.25) is 0 Å². The molecule has 1 aliphatic rings. The summed E-state index contributed by atoms with van der Waals surface area (Å²) in [4.78, 5) is 16.9. The number of thiophene rings is 1. The Morgan fingerprint density at radius 3 is 1.87 bits per heavy atom. The Kier molecular flexibility index (Phi) is 6.13. The monoisotopic (exact) mass is 593 g/mol. The van der Waals surface area contributed by atoms with Crippen LogP contribution in [0.5, 0.6) is 0 Å². The molecule has 0 saturated carbocycles. The molecule has 0 bridgehead atoms. The zero-order valence-electron chi connectivity index (χ0n) is 24.4. The van der Waals surface area contributed by atoms with Crippen LogP contribution in [0, 0.1) is 0 Å². The van der Waals surface area contributed by atoms with E-state index >= 15 is 0 Å². The van der Waals surface area contributed by atoms with Gasteiger partial charge < -0.3 is 0 Å². The van der Waals surface area contributed by atoms with E-state index in [9.17, 15) is 0 Å². The van der Waals surface area contributed by atoms with Gasteiger partial charge in [0.2, 0.25) is 0 Å². The zero-order valence-corrected chi connectivity index (χ0v) is 25.2. The van der Waals surface area contributed by atoms with E-state index in [1.54, 1.807) is 0 Å². The molecule has 2 aromatic heterocycles. The van der Waals surface area contributed by atoms with Crippen LogP contribution in [0.1, 0.15) is 34.2 Å². The fourth-order valence-corrected chi connectivity index (χ4v) is 7.86. The SMILES string of the molecule is C1=C(c2ccc3ccccc3c2)CC(c2nc(-c3ccccc3)nc(-c3ccc4ccccc4c3)n2)c2c1sc1ccccc21. The molecule has 0 aliphatic heterocycles. The van der Waals surface area contributed by atoms with Crippen molar-refractivity contribution in [2.75, 3.05) is 0 Å². The van der Waals surface area contributed by atoms with Crippen LogP contribution in [0.25, 0.3) is 66.1 Å². The summed E-state index contributed by atoms with van der Waals surface area (Å²) in [6.45, 7) is 0. The second-order valence-corrected chi connectivity index (χ2v) is 12.7. The molecule has 4 heteroatoms. The van der Waals surface area contributed by atoms with Gasteiger partial charge in [0, 0.05) is 20.7 Å². The van der Waals surface area contributed by atoms with Crippen molar-refractivity contribution in [3.05, 3.63) is 161 Å². The van der Waals surface area contributed by atoms with Gasteiger partial charge in [0.25, 0.3) is 0 Å². The number of fused-ring (bicyclic) bond motifs is 5. The van der Waals surface area contributed by atoms with Gasteiger partial charge in [-0.25, -0.2) is 15.0 Å². The summed E-state index contributed by atoms with van der Waals surface area (Å²) in [6.07, 6.45) is 3.20. The summed E-state index contributed by atoms with van der Waals surface area (Å²) < 4.78 is 1.29. The maximum atomic E-state index is 5.28. The predicted molar refractivity (Wildman–Crippen MR) is 188 cm³/mol. The topological polar surface area (TPSA) is 38.7 Å². The first-order valence-corrected chi connectivity index (χ1v) is 16.1. The van der Waals surface area contributed by atoms with Crippen molar-refractivity contribution >= 4 is 54.6 Å². The molecule has 0 N–H and O–H groups in total. The van der Waals surface area contributed by atoms with Crippen LogP contribution >= 0.6 is 11.3 Å². The lowest BCUT2D eigenvalue weighted by Gasteiger charge is -2.24. The minimum absolute atomic E-state index is 0.0210. The van der Waals surface area contributed by atoms with Crippen molar-refractivity contribution in [2.24, 2.45) is 0 Å². The molecule has 1 aliphatic carbocycles. The minimum Gasteiger partial charge on any atom is -0.212 e. The van der Waals surface area contributed by atoms with E-state index in [0.29, 0.717) is 11.6 Å². The van der Waals surface area contributed by atoms with Crippen molar-refractivity contribution in [2.45, 2.75) is 12.3 Å². The zero-order chi connectivity index (χ0) is 29.7. The highest BCUT2D eigenvalue weighted by Gasteiger charge is 2.31. The number of rotatable bonds is 4.